The number of rotatable bonds is 7. The molecule has 8 nitrogen and oxygen atoms in total. The van der Waals surface area contributed by atoms with Gasteiger partial charge in [-0.1, -0.05) is 6.07 Å². The van der Waals surface area contributed by atoms with Crippen LogP contribution in [0.5, 0.6) is 11.5 Å². The number of benzene rings is 1. The fourth-order valence-electron chi connectivity index (χ4n) is 4.14. The van der Waals surface area contributed by atoms with Gasteiger partial charge in [-0.15, -0.1) is 0 Å². The maximum Gasteiger partial charge on any atom is 0.257 e. The highest BCUT2D eigenvalue weighted by Crippen LogP contribution is 2.40. The van der Waals surface area contributed by atoms with E-state index in [0.717, 1.165) is 6.07 Å². The summed E-state index contributed by atoms with van der Waals surface area (Å²) in [5.74, 6) is -6.65. The van der Waals surface area contributed by atoms with E-state index in [9.17, 15) is 32.3 Å². The number of nitrogens with one attached hydrogen (secondary N) is 2. The number of amides is 1. The zero-order valence-corrected chi connectivity index (χ0v) is 19.7. The second-order valence-corrected chi connectivity index (χ2v) is 8.73. The molecule has 3 aromatic rings. The molecule has 1 aliphatic rings. The van der Waals surface area contributed by atoms with Gasteiger partial charge in [0.25, 0.3) is 5.92 Å². The summed E-state index contributed by atoms with van der Waals surface area (Å²) in [7, 11) is 0. The zero-order chi connectivity index (χ0) is 26.7. The molecule has 1 aliphatic heterocycles. The minimum Gasteiger partial charge on any atom is -0.452 e. The van der Waals surface area contributed by atoms with Gasteiger partial charge < -0.3 is 20.1 Å². The van der Waals surface area contributed by atoms with E-state index in [4.69, 9.17) is 4.74 Å². The van der Waals surface area contributed by atoms with Gasteiger partial charge in [0.15, 0.2) is 11.6 Å². The molecule has 37 heavy (non-hydrogen) atoms. The molecule has 0 bridgehead atoms. The summed E-state index contributed by atoms with van der Waals surface area (Å²) in [6, 6.07) is 6.14. The third-order valence-corrected chi connectivity index (χ3v) is 6.26. The minimum atomic E-state index is -3.00. The number of carbonyl (C=O) groups is 1. The summed E-state index contributed by atoms with van der Waals surface area (Å²) in [4.78, 5) is 32.2. The van der Waals surface area contributed by atoms with Gasteiger partial charge in [-0.3, -0.25) is 14.5 Å². The molecular formula is C25H24F4N4O4. The van der Waals surface area contributed by atoms with E-state index in [2.05, 4.69) is 15.3 Å². The zero-order valence-electron chi connectivity index (χ0n) is 19.7. The first-order valence-corrected chi connectivity index (χ1v) is 11.4. The van der Waals surface area contributed by atoms with Crippen molar-refractivity contribution < 1.29 is 32.2 Å². The van der Waals surface area contributed by atoms with Crippen molar-refractivity contribution in [2.24, 2.45) is 0 Å². The fraction of sp³-hybridized carbons (Fsp3) is 0.320. The summed E-state index contributed by atoms with van der Waals surface area (Å²) < 4.78 is 62.1. The normalized spacial score (nSPS) is 18.3. The van der Waals surface area contributed by atoms with Crippen LogP contribution in [0.1, 0.15) is 30.4 Å². The molecule has 1 aromatic carbocycles. The van der Waals surface area contributed by atoms with Crippen LogP contribution >= 0.6 is 0 Å². The maximum atomic E-state index is 14.6. The van der Waals surface area contributed by atoms with Gasteiger partial charge in [-0.05, 0) is 30.7 Å². The van der Waals surface area contributed by atoms with Crippen molar-refractivity contribution in [3.8, 4) is 11.5 Å². The van der Waals surface area contributed by atoms with Crippen molar-refractivity contribution in [1.82, 2.24) is 14.9 Å². The van der Waals surface area contributed by atoms with Gasteiger partial charge in [0.1, 0.15) is 17.4 Å². The quantitative estimate of drug-likeness (QED) is 0.410. The third kappa shape index (κ3) is 5.97. The van der Waals surface area contributed by atoms with Crippen LogP contribution < -0.4 is 15.6 Å². The Morgan fingerprint density at radius 1 is 1.30 bits per heavy atom. The first kappa shape index (κ1) is 26.3. The molecule has 196 valence electrons. The van der Waals surface area contributed by atoms with Gasteiger partial charge in [-0.25, -0.2) is 22.5 Å². The van der Waals surface area contributed by atoms with E-state index in [1.165, 1.54) is 36.7 Å². The third-order valence-electron chi connectivity index (χ3n) is 6.26. The number of nitrogens with zero attached hydrogens (tertiary/aromatic N) is 2. The number of carbonyl (C=O) groups excluding carboxylic acids is 1. The monoisotopic (exact) mass is 520 g/mol. The van der Waals surface area contributed by atoms with E-state index in [0.29, 0.717) is 6.07 Å². The lowest BCUT2D eigenvalue weighted by atomic mass is 9.87. The summed E-state index contributed by atoms with van der Waals surface area (Å²) in [6.07, 6.45) is 2.02. The Labute approximate surface area is 208 Å². The molecule has 2 atom stereocenters. The van der Waals surface area contributed by atoms with Crippen molar-refractivity contribution in [2.75, 3.05) is 18.4 Å². The molecular weight excluding hydrogens is 496 g/mol. The van der Waals surface area contributed by atoms with Crippen LogP contribution in [0, 0.1) is 11.6 Å². The smallest absolute Gasteiger partial charge is 0.257 e. The first-order valence-electron chi connectivity index (χ1n) is 11.4. The molecule has 3 heterocycles. The predicted molar refractivity (Wildman–Crippen MR) is 126 cm³/mol. The molecule has 1 amide bonds. The molecule has 1 fully saturated rings. The van der Waals surface area contributed by atoms with E-state index in [1.807, 2.05) is 0 Å². The summed E-state index contributed by atoms with van der Waals surface area (Å²) in [6.45, 7) is 0.852. The SMILES string of the molecule is CC(C(=O)Nc1ccc(Oc2c(F)cc(F)cc2CO)cn1)N1CCC(F)(F)C(c2ccc(=O)[nH]c2)C1. The maximum absolute atomic E-state index is 14.6. The van der Waals surface area contributed by atoms with E-state index >= 15 is 0 Å². The molecule has 3 N–H and O–H groups in total. The standard InChI is InChI=1S/C25H24F4N4O4/c1-14(33-7-6-25(28,29)19(12-33)15-2-5-22(35)31-10-15)24(36)32-21-4-3-18(11-30-21)37-23-16(13-34)8-17(26)9-20(23)27/h2-5,8-11,14,19,34H,6-7,12-13H2,1H3,(H,31,35)(H,30,32,36). The minimum absolute atomic E-state index is 0.00191. The Bertz CT molecular complexity index is 1310. The van der Waals surface area contributed by atoms with Crippen LogP contribution in [0.3, 0.4) is 0 Å². The Morgan fingerprint density at radius 2 is 2.08 bits per heavy atom. The number of halogens is 4. The highest BCUT2D eigenvalue weighted by molar-refractivity contribution is 5.93. The molecule has 2 unspecified atom stereocenters. The molecule has 2 aromatic heterocycles. The number of anilines is 1. The van der Waals surface area contributed by atoms with Crippen LogP contribution in [0.25, 0.3) is 0 Å². The van der Waals surface area contributed by atoms with Crippen molar-refractivity contribution in [3.63, 3.8) is 0 Å². The van der Waals surface area contributed by atoms with Crippen molar-refractivity contribution in [1.29, 1.82) is 0 Å². The molecule has 0 saturated carbocycles. The Kier molecular flexibility index (Phi) is 7.60. The highest BCUT2D eigenvalue weighted by Gasteiger charge is 2.46. The number of ether oxygens (including phenoxy) is 1. The molecule has 0 radical (unpaired) electrons. The largest absolute Gasteiger partial charge is 0.452 e. The van der Waals surface area contributed by atoms with E-state index in [-0.39, 0.29) is 41.5 Å². The van der Waals surface area contributed by atoms with Crippen LogP contribution in [0.4, 0.5) is 23.4 Å². The van der Waals surface area contributed by atoms with Gasteiger partial charge in [0.05, 0.1) is 24.8 Å². The summed E-state index contributed by atoms with van der Waals surface area (Å²) in [5.41, 5.74) is -0.204. The van der Waals surface area contributed by atoms with Crippen LogP contribution in [-0.4, -0.2) is 50.9 Å². The molecule has 0 aliphatic carbocycles. The number of aromatic nitrogens is 2. The molecule has 0 spiro atoms. The number of aliphatic hydroxyl groups excluding tert-OH is 1. The fourth-order valence-corrected chi connectivity index (χ4v) is 4.14. The van der Waals surface area contributed by atoms with Crippen LogP contribution in [0.2, 0.25) is 0 Å². The Morgan fingerprint density at radius 3 is 2.73 bits per heavy atom. The molecule has 4 rings (SSSR count). The van der Waals surface area contributed by atoms with E-state index in [1.54, 1.807) is 11.8 Å². The van der Waals surface area contributed by atoms with Crippen molar-refractivity contribution in [2.45, 2.75) is 37.8 Å². The average molecular weight is 520 g/mol. The summed E-state index contributed by atoms with van der Waals surface area (Å²) >= 11 is 0. The second-order valence-electron chi connectivity index (χ2n) is 8.73. The van der Waals surface area contributed by atoms with Gasteiger partial charge >= 0.3 is 0 Å². The molecule has 12 heteroatoms. The van der Waals surface area contributed by atoms with Gasteiger partial charge in [0, 0.05) is 43.4 Å². The van der Waals surface area contributed by atoms with Gasteiger partial charge in [-0.2, -0.15) is 0 Å². The lowest BCUT2D eigenvalue weighted by Gasteiger charge is -2.40. The lowest BCUT2D eigenvalue weighted by molar-refractivity contribution is -0.125. The number of H-pyrrole nitrogens is 1. The number of likely N-dealkylation sites (tertiary alicyclic amines) is 1. The number of aliphatic hydroxyl groups is 1. The summed E-state index contributed by atoms with van der Waals surface area (Å²) in [5, 5.41) is 11.9. The van der Waals surface area contributed by atoms with E-state index < -0.39 is 54.0 Å². The second kappa shape index (κ2) is 10.7. The average Bonchev–Trinajstić information content (AvgIpc) is 2.86. The first-order chi connectivity index (χ1) is 17.6. The number of piperidine rings is 1. The number of pyridine rings is 2. The lowest BCUT2D eigenvalue weighted by Crippen LogP contribution is -2.52. The number of hydrogen-bond acceptors (Lipinski definition) is 6. The van der Waals surface area contributed by atoms with Crippen LogP contribution in [-0.2, 0) is 11.4 Å². The predicted octanol–water partition coefficient (Wildman–Crippen LogP) is 3.78. The highest BCUT2D eigenvalue weighted by atomic mass is 19.3. The van der Waals surface area contributed by atoms with Crippen molar-refractivity contribution >= 4 is 11.7 Å². The van der Waals surface area contributed by atoms with Crippen molar-refractivity contribution in [3.05, 3.63) is 81.9 Å². The Hall–Kier alpha value is -3.77. The Balaban J connectivity index is 1.41. The number of hydrogen-bond donors (Lipinski definition) is 3. The topological polar surface area (TPSA) is 108 Å². The number of alkyl halides is 2. The van der Waals surface area contributed by atoms with Crippen LogP contribution in [0.15, 0.2) is 53.6 Å². The van der Waals surface area contributed by atoms with Gasteiger partial charge in [0.2, 0.25) is 11.5 Å². The molecule has 1 saturated heterocycles. The number of aromatic amines is 1.